The maximum Gasteiger partial charge on any atom is 0.305 e. The van der Waals surface area contributed by atoms with Crippen molar-refractivity contribution in [3.05, 3.63) is 22.7 Å². The van der Waals surface area contributed by atoms with Crippen molar-refractivity contribution in [1.82, 2.24) is 15.3 Å². The van der Waals surface area contributed by atoms with E-state index < -0.39 is 11.9 Å². The summed E-state index contributed by atoms with van der Waals surface area (Å²) in [4.78, 5) is 30.1. The minimum absolute atomic E-state index is 0.0332. The third-order valence-corrected chi connectivity index (χ3v) is 2.40. The average Bonchev–Trinajstić information content (AvgIpc) is 2.28. The topological polar surface area (TPSA) is 92.2 Å². The van der Waals surface area contributed by atoms with Crippen LogP contribution in [0.5, 0.6) is 0 Å². The number of rotatable bonds is 5. The molecule has 7 heteroatoms. The molecule has 0 radical (unpaired) electrons. The maximum atomic E-state index is 11.7. The number of aromatic nitrogens is 2. The minimum atomic E-state index is -0.980. The minimum Gasteiger partial charge on any atom is -0.481 e. The molecule has 0 aromatic carbocycles. The second-order valence-electron chi connectivity index (χ2n) is 3.98. The lowest BCUT2D eigenvalue weighted by molar-refractivity contribution is -0.136. The molecule has 0 saturated carbocycles. The molecule has 0 aliphatic carbocycles. The zero-order chi connectivity index (χ0) is 13.7. The SMILES string of the molecule is CC(C)c1ncc(Cl)c(C(=O)NCCC(=O)O)n1. The van der Waals surface area contributed by atoms with Crippen LogP contribution in [0.1, 0.15) is 42.5 Å². The molecule has 1 heterocycles. The van der Waals surface area contributed by atoms with Crippen LogP contribution in [0.4, 0.5) is 0 Å². The van der Waals surface area contributed by atoms with Gasteiger partial charge in [0.25, 0.3) is 5.91 Å². The summed E-state index contributed by atoms with van der Waals surface area (Å²) >= 11 is 5.84. The summed E-state index contributed by atoms with van der Waals surface area (Å²) in [6.45, 7) is 3.83. The van der Waals surface area contributed by atoms with Crippen molar-refractivity contribution in [3.63, 3.8) is 0 Å². The van der Waals surface area contributed by atoms with Crippen molar-refractivity contribution in [3.8, 4) is 0 Å². The Morgan fingerprint density at radius 3 is 2.72 bits per heavy atom. The molecule has 0 saturated heterocycles. The molecule has 1 amide bonds. The number of hydrogen-bond donors (Lipinski definition) is 2. The fourth-order valence-electron chi connectivity index (χ4n) is 1.18. The smallest absolute Gasteiger partial charge is 0.305 e. The summed E-state index contributed by atoms with van der Waals surface area (Å²) in [5, 5.41) is 11.1. The Hall–Kier alpha value is -1.69. The number of halogens is 1. The molecule has 1 aromatic rings. The third kappa shape index (κ3) is 3.96. The number of amides is 1. The van der Waals surface area contributed by atoms with Crippen LogP contribution in [-0.2, 0) is 4.79 Å². The first-order chi connectivity index (χ1) is 8.41. The molecule has 0 atom stereocenters. The predicted molar refractivity (Wildman–Crippen MR) is 65.7 cm³/mol. The van der Waals surface area contributed by atoms with Crippen LogP contribution in [0, 0.1) is 0 Å². The number of carbonyl (C=O) groups is 2. The van der Waals surface area contributed by atoms with Crippen LogP contribution in [0.3, 0.4) is 0 Å². The van der Waals surface area contributed by atoms with E-state index in [1.165, 1.54) is 6.20 Å². The molecule has 0 aliphatic rings. The standard InChI is InChI=1S/C11H14ClN3O3/c1-6(2)10-14-5-7(12)9(15-10)11(18)13-4-3-8(16)17/h5-6H,3-4H2,1-2H3,(H,13,18)(H,16,17). The Labute approximate surface area is 109 Å². The zero-order valence-corrected chi connectivity index (χ0v) is 10.9. The van der Waals surface area contributed by atoms with Crippen LogP contribution in [0.15, 0.2) is 6.20 Å². The number of carboxylic acids is 1. The summed E-state index contributed by atoms with van der Waals surface area (Å²) in [6, 6.07) is 0. The fraction of sp³-hybridized carbons (Fsp3) is 0.455. The lowest BCUT2D eigenvalue weighted by atomic mass is 10.2. The molecule has 0 unspecified atom stereocenters. The lowest BCUT2D eigenvalue weighted by Gasteiger charge is -2.08. The molecule has 0 bridgehead atoms. The maximum absolute atomic E-state index is 11.7. The van der Waals surface area contributed by atoms with Gasteiger partial charge in [-0.3, -0.25) is 9.59 Å². The molecule has 18 heavy (non-hydrogen) atoms. The first kappa shape index (κ1) is 14.4. The highest BCUT2D eigenvalue weighted by Crippen LogP contribution is 2.16. The fourth-order valence-corrected chi connectivity index (χ4v) is 1.36. The highest BCUT2D eigenvalue weighted by atomic mass is 35.5. The molecule has 0 spiro atoms. The van der Waals surface area contributed by atoms with Gasteiger partial charge in [-0.05, 0) is 0 Å². The normalized spacial score (nSPS) is 10.4. The van der Waals surface area contributed by atoms with Gasteiger partial charge in [-0.2, -0.15) is 0 Å². The molecule has 2 N–H and O–H groups in total. The van der Waals surface area contributed by atoms with E-state index in [1.807, 2.05) is 13.8 Å². The Kier molecular flexibility index (Phi) is 5.03. The van der Waals surface area contributed by atoms with Crippen molar-refractivity contribution < 1.29 is 14.7 Å². The first-order valence-electron chi connectivity index (χ1n) is 5.44. The summed E-state index contributed by atoms with van der Waals surface area (Å²) in [5.74, 6) is -0.881. The summed E-state index contributed by atoms with van der Waals surface area (Å²) < 4.78 is 0. The average molecular weight is 272 g/mol. The van der Waals surface area contributed by atoms with E-state index in [2.05, 4.69) is 15.3 Å². The molecule has 1 aromatic heterocycles. The van der Waals surface area contributed by atoms with E-state index in [1.54, 1.807) is 0 Å². The van der Waals surface area contributed by atoms with Crippen molar-refractivity contribution in [2.45, 2.75) is 26.2 Å². The highest BCUT2D eigenvalue weighted by molar-refractivity contribution is 6.33. The van der Waals surface area contributed by atoms with E-state index in [0.29, 0.717) is 5.82 Å². The van der Waals surface area contributed by atoms with E-state index in [-0.39, 0.29) is 29.6 Å². The molecular formula is C11H14ClN3O3. The quantitative estimate of drug-likeness (QED) is 0.846. The lowest BCUT2D eigenvalue weighted by Crippen LogP contribution is -2.27. The van der Waals surface area contributed by atoms with Gasteiger partial charge < -0.3 is 10.4 Å². The number of carbonyl (C=O) groups excluding carboxylic acids is 1. The molecular weight excluding hydrogens is 258 g/mol. The molecule has 98 valence electrons. The van der Waals surface area contributed by atoms with E-state index >= 15 is 0 Å². The van der Waals surface area contributed by atoms with Crippen molar-refractivity contribution >= 4 is 23.5 Å². The Bertz CT molecular complexity index is 463. The summed E-state index contributed by atoms with van der Waals surface area (Å²) in [7, 11) is 0. The van der Waals surface area contributed by atoms with Gasteiger partial charge in [-0.1, -0.05) is 25.4 Å². The van der Waals surface area contributed by atoms with Gasteiger partial charge in [0.05, 0.1) is 17.6 Å². The third-order valence-electron chi connectivity index (χ3n) is 2.12. The van der Waals surface area contributed by atoms with Gasteiger partial charge in [-0.25, -0.2) is 9.97 Å². The zero-order valence-electron chi connectivity index (χ0n) is 10.1. The molecule has 0 aliphatic heterocycles. The van der Waals surface area contributed by atoms with Crippen LogP contribution < -0.4 is 5.32 Å². The first-order valence-corrected chi connectivity index (χ1v) is 5.82. The van der Waals surface area contributed by atoms with Crippen LogP contribution in [-0.4, -0.2) is 33.5 Å². The largest absolute Gasteiger partial charge is 0.481 e. The van der Waals surface area contributed by atoms with Gasteiger partial charge in [0, 0.05) is 12.5 Å². The second kappa shape index (κ2) is 6.30. The second-order valence-corrected chi connectivity index (χ2v) is 4.39. The number of aliphatic carboxylic acids is 1. The summed E-state index contributed by atoms with van der Waals surface area (Å²) in [6.07, 6.45) is 1.22. The molecule has 0 fully saturated rings. The molecule has 1 rings (SSSR count). The number of nitrogens with zero attached hydrogens (tertiary/aromatic N) is 2. The highest BCUT2D eigenvalue weighted by Gasteiger charge is 2.15. The Morgan fingerprint density at radius 2 is 2.17 bits per heavy atom. The van der Waals surface area contributed by atoms with Gasteiger partial charge in [0.1, 0.15) is 11.5 Å². The molecule has 6 nitrogen and oxygen atoms in total. The van der Waals surface area contributed by atoms with Crippen molar-refractivity contribution in [1.29, 1.82) is 0 Å². The number of carboxylic acid groups (broad SMARTS) is 1. The van der Waals surface area contributed by atoms with Gasteiger partial charge in [-0.15, -0.1) is 0 Å². The van der Waals surface area contributed by atoms with Crippen LogP contribution >= 0.6 is 11.6 Å². The van der Waals surface area contributed by atoms with Gasteiger partial charge in [0.2, 0.25) is 0 Å². The number of hydrogen-bond acceptors (Lipinski definition) is 4. The van der Waals surface area contributed by atoms with Crippen molar-refractivity contribution in [2.75, 3.05) is 6.54 Å². The monoisotopic (exact) mass is 271 g/mol. The van der Waals surface area contributed by atoms with Gasteiger partial charge >= 0.3 is 5.97 Å². The van der Waals surface area contributed by atoms with Gasteiger partial charge in [0.15, 0.2) is 0 Å². The van der Waals surface area contributed by atoms with Crippen molar-refractivity contribution in [2.24, 2.45) is 0 Å². The van der Waals surface area contributed by atoms with E-state index in [4.69, 9.17) is 16.7 Å². The summed E-state index contributed by atoms with van der Waals surface area (Å²) in [5.41, 5.74) is 0.0701. The van der Waals surface area contributed by atoms with E-state index in [0.717, 1.165) is 0 Å². The number of nitrogens with one attached hydrogen (secondary N) is 1. The Morgan fingerprint density at radius 1 is 1.50 bits per heavy atom. The van der Waals surface area contributed by atoms with Crippen LogP contribution in [0.2, 0.25) is 5.02 Å². The Balaban J connectivity index is 2.78. The predicted octanol–water partition coefficient (Wildman–Crippen LogP) is 1.46. The van der Waals surface area contributed by atoms with Crippen LogP contribution in [0.25, 0.3) is 0 Å². The van der Waals surface area contributed by atoms with E-state index in [9.17, 15) is 9.59 Å².